The van der Waals surface area contributed by atoms with Crippen LogP contribution >= 0.6 is 0 Å². The van der Waals surface area contributed by atoms with E-state index in [1.54, 1.807) is 19.1 Å². The van der Waals surface area contributed by atoms with Gasteiger partial charge in [-0.25, -0.2) is 12.8 Å². The van der Waals surface area contributed by atoms with Crippen LogP contribution in [0.5, 0.6) is 0 Å². The van der Waals surface area contributed by atoms with Crippen molar-refractivity contribution < 1.29 is 22.1 Å². The third-order valence-corrected chi connectivity index (χ3v) is 6.17. The number of aryl methyl sites for hydroxylation is 3. The lowest BCUT2D eigenvalue weighted by molar-refractivity contribution is -0.116. The molecule has 0 unspecified atom stereocenters. The van der Waals surface area contributed by atoms with Gasteiger partial charge in [0.2, 0.25) is 11.8 Å². The van der Waals surface area contributed by atoms with Gasteiger partial charge in [-0.1, -0.05) is 30.3 Å². The van der Waals surface area contributed by atoms with Crippen LogP contribution in [0.3, 0.4) is 0 Å². The molecule has 3 rings (SSSR count). The molecule has 3 aromatic rings. The first kappa shape index (κ1) is 23.4. The molecule has 0 spiro atoms. The van der Waals surface area contributed by atoms with Crippen LogP contribution in [0.2, 0.25) is 0 Å². The number of nitrogens with zero attached hydrogens (tertiary/aromatic N) is 2. The van der Waals surface area contributed by atoms with Crippen molar-refractivity contribution in [3.05, 3.63) is 65.6 Å². The van der Waals surface area contributed by atoms with E-state index in [-0.39, 0.29) is 22.9 Å². The Bertz CT molecular complexity index is 1190. The lowest BCUT2D eigenvalue weighted by Gasteiger charge is -2.13. The van der Waals surface area contributed by atoms with Gasteiger partial charge < -0.3 is 9.84 Å². The van der Waals surface area contributed by atoms with Crippen LogP contribution in [0, 0.1) is 12.7 Å². The third kappa shape index (κ3) is 6.13. The highest BCUT2D eigenvalue weighted by atomic mass is 32.2. The van der Waals surface area contributed by atoms with Gasteiger partial charge in [-0.3, -0.25) is 9.52 Å². The van der Waals surface area contributed by atoms with Gasteiger partial charge in [0.25, 0.3) is 10.0 Å². The zero-order valence-corrected chi connectivity index (χ0v) is 18.7. The number of amides is 1. The molecule has 2 aromatic carbocycles. The number of carbonyl (C=O) groups is 1. The Morgan fingerprint density at radius 1 is 1.16 bits per heavy atom. The molecule has 0 saturated carbocycles. The molecule has 0 aliphatic carbocycles. The summed E-state index contributed by atoms with van der Waals surface area (Å²) in [6, 6.07) is 10.1. The largest absolute Gasteiger partial charge is 0.339 e. The molecule has 0 aliphatic rings. The number of anilines is 2. The van der Waals surface area contributed by atoms with E-state index >= 15 is 0 Å². The fraction of sp³-hybridized carbons (Fsp3) is 0.318. The van der Waals surface area contributed by atoms with E-state index < -0.39 is 15.8 Å². The van der Waals surface area contributed by atoms with E-state index in [0.29, 0.717) is 35.8 Å². The van der Waals surface area contributed by atoms with Gasteiger partial charge in [0.15, 0.2) is 5.82 Å². The van der Waals surface area contributed by atoms with E-state index in [9.17, 15) is 17.6 Å². The Hall–Kier alpha value is -3.27. The molecule has 0 radical (unpaired) electrons. The summed E-state index contributed by atoms with van der Waals surface area (Å²) in [6.07, 6.45) is 2.85. The summed E-state index contributed by atoms with van der Waals surface area (Å²) < 4.78 is 46.8. The number of hydrogen-bond donors (Lipinski definition) is 2. The fourth-order valence-electron chi connectivity index (χ4n) is 3.05. The summed E-state index contributed by atoms with van der Waals surface area (Å²) in [7, 11) is -4.05. The van der Waals surface area contributed by atoms with Crippen molar-refractivity contribution in [2.24, 2.45) is 0 Å². The van der Waals surface area contributed by atoms with Gasteiger partial charge >= 0.3 is 0 Å². The maximum atomic E-state index is 13.9. The Kier molecular flexibility index (Phi) is 7.57. The van der Waals surface area contributed by atoms with E-state index in [2.05, 4.69) is 20.2 Å². The lowest BCUT2D eigenvalue weighted by atomic mass is 10.2. The minimum absolute atomic E-state index is 0.0483. The maximum absolute atomic E-state index is 13.9. The summed E-state index contributed by atoms with van der Waals surface area (Å²) in [4.78, 5) is 16.5. The Morgan fingerprint density at radius 3 is 2.69 bits per heavy atom. The number of rotatable bonds is 10. The molecule has 1 aromatic heterocycles. The number of halogens is 1. The quantitative estimate of drug-likeness (QED) is 0.468. The average molecular weight is 461 g/mol. The predicted molar refractivity (Wildman–Crippen MR) is 118 cm³/mol. The van der Waals surface area contributed by atoms with Gasteiger partial charge in [0, 0.05) is 24.9 Å². The molecule has 1 amide bonds. The molecule has 0 aliphatic heterocycles. The Morgan fingerprint density at radius 2 is 1.94 bits per heavy atom. The third-order valence-electron chi connectivity index (χ3n) is 4.66. The molecule has 0 fully saturated rings. The van der Waals surface area contributed by atoms with Crippen molar-refractivity contribution >= 4 is 27.3 Å². The first-order chi connectivity index (χ1) is 15.3. The van der Waals surface area contributed by atoms with Crippen LogP contribution in [0.4, 0.5) is 15.8 Å². The topological polar surface area (TPSA) is 114 Å². The molecule has 0 atom stereocenters. The first-order valence-corrected chi connectivity index (χ1v) is 11.8. The Labute approximate surface area is 186 Å². The van der Waals surface area contributed by atoms with E-state index in [4.69, 9.17) is 4.52 Å². The van der Waals surface area contributed by atoms with Gasteiger partial charge in [-0.15, -0.1) is 0 Å². The van der Waals surface area contributed by atoms with Crippen molar-refractivity contribution in [2.75, 3.05) is 10.0 Å². The molecular weight excluding hydrogens is 435 g/mol. The van der Waals surface area contributed by atoms with E-state index in [0.717, 1.165) is 12.8 Å². The molecule has 1 heterocycles. The highest BCUT2D eigenvalue weighted by Gasteiger charge is 2.19. The van der Waals surface area contributed by atoms with Gasteiger partial charge in [0.05, 0.1) is 10.6 Å². The molecule has 0 saturated heterocycles. The van der Waals surface area contributed by atoms with Crippen LogP contribution in [-0.2, 0) is 27.7 Å². The smallest absolute Gasteiger partial charge is 0.262 e. The summed E-state index contributed by atoms with van der Waals surface area (Å²) in [5.74, 6) is 0.197. The number of aromatic nitrogens is 2. The molecule has 8 nitrogen and oxygen atoms in total. The standard InChI is InChI=1S/C22H25FN4O4S/c1-3-7-20-25-22(31-26-20)11-6-10-21(28)24-16-13-12-15(2)19(14-16)32(29,30)27-18-9-5-4-8-17(18)23/h4-5,8-9,12-14,27H,3,6-7,10-11H2,1-2H3,(H,24,28). The Balaban J connectivity index is 1.62. The van der Waals surface area contributed by atoms with Crippen molar-refractivity contribution in [1.82, 2.24) is 10.1 Å². The van der Waals surface area contributed by atoms with Crippen LogP contribution < -0.4 is 10.0 Å². The van der Waals surface area contributed by atoms with Crippen LogP contribution in [0.25, 0.3) is 0 Å². The fourth-order valence-corrected chi connectivity index (χ4v) is 4.39. The summed E-state index contributed by atoms with van der Waals surface area (Å²) in [5, 5.41) is 6.57. The number of para-hydroxylation sites is 1. The SMILES string of the molecule is CCCc1noc(CCCC(=O)Nc2ccc(C)c(S(=O)(=O)Nc3ccccc3F)c2)n1. The first-order valence-electron chi connectivity index (χ1n) is 10.3. The highest BCUT2D eigenvalue weighted by Crippen LogP contribution is 2.24. The monoisotopic (exact) mass is 460 g/mol. The zero-order chi connectivity index (χ0) is 23.1. The van der Waals surface area contributed by atoms with Crippen LogP contribution in [0.1, 0.15) is 43.5 Å². The zero-order valence-electron chi connectivity index (χ0n) is 17.9. The van der Waals surface area contributed by atoms with Crippen LogP contribution in [-0.4, -0.2) is 24.5 Å². The molecule has 0 bridgehead atoms. The molecule has 2 N–H and O–H groups in total. The number of hydrogen-bond acceptors (Lipinski definition) is 6. The van der Waals surface area contributed by atoms with Gasteiger partial charge in [0.1, 0.15) is 5.82 Å². The number of carbonyl (C=O) groups excluding carboxylic acids is 1. The minimum atomic E-state index is -4.05. The van der Waals surface area contributed by atoms with Crippen molar-refractivity contribution in [3.63, 3.8) is 0 Å². The van der Waals surface area contributed by atoms with Crippen LogP contribution in [0.15, 0.2) is 51.9 Å². The normalized spacial score (nSPS) is 11.3. The minimum Gasteiger partial charge on any atom is -0.339 e. The molecule has 10 heteroatoms. The summed E-state index contributed by atoms with van der Waals surface area (Å²) >= 11 is 0. The molecule has 170 valence electrons. The number of nitrogens with one attached hydrogen (secondary N) is 2. The van der Waals surface area contributed by atoms with Gasteiger partial charge in [-0.2, -0.15) is 4.98 Å². The average Bonchev–Trinajstić information content (AvgIpc) is 3.18. The predicted octanol–water partition coefficient (Wildman–Crippen LogP) is 4.23. The summed E-state index contributed by atoms with van der Waals surface area (Å²) in [6.45, 7) is 3.65. The van der Waals surface area contributed by atoms with Crippen molar-refractivity contribution in [1.29, 1.82) is 0 Å². The number of sulfonamides is 1. The van der Waals surface area contributed by atoms with Crippen molar-refractivity contribution in [2.45, 2.75) is 50.8 Å². The highest BCUT2D eigenvalue weighted by molar-refractivity contribution is 7.92. The van der Waals surface area contributed by atoms with Crippen molar-refractivity contribution in [3.8, 4) is 0 Å². The maximum Gasteiger partial charge on any atom is 0.262 e. The second-order valence-corrected chi connectivity index (χ2v) is 8.97. The molecular formula is C22H25FN4O4S. The van der Waals surface area contributed by atoms with E-state index in [1.807, 2.05) is 6.92 Å². The van der Waals surface area contributed by atoms with E-state index in [1.165, 1.54) is 30.3 Å². The lowest BCUT2D eigenvalue weighted by Crippen LogP contribution is -2.16. The number of benzene rings is 2. The van der Waals surface area contributed by atoms with Gasteiger partial charge in [-0.05, 0) is 49.6 Å². The summed E-state index contributed by atoms with van der Waals surface area (Å²) in [5.41, 5.74) is 0.646. The second-order valence-electron chi connectivity index (χ2n) is 7.32. The second kappa shape index (κ2) is 10.4. The molecule has 32 heavy (non-hydrogen) atoms.